The van der Waals surface area contributed by atoms with Crippen LogP contribution in [0.3, 0.4) is 0 Å². The molecule has 3 rings (SSSR count). The minimum atomic E-state index is 0.738. The molecule has 0 bridgehead atoms. The fraction of sp³-hybridized carbons (Fsp3) is 1.00. The van der Waals surface area contributed by atoms with Crippen LogP contribution in [-0.2, 0) is 0 Å². The predicted octanol–water partition coefficient (Wildman–Crippen LogP) is 1.21. The summed E-state index contributed by atoms with van der Waals surface area (Å²) in [7, 11) is 2.28. The van der Waals surface area contributed by atoms with Gasteiger partial charge in [-0.1, -0.05) is 0 Å². The second kappa shape index (κ2) is 5.10. The molecular formula is C15H29N3. The van der Waals surface area contributed by atoms with Gasteiger partial charge in [0.1, 0.15) is 0 Å². The Labute approximate surface area is 112 Å². The van der Waals surface area contributed by atoms with Gasteiger partial charge in [-0.2, -0.15) is 0 Å². The maximum absolute atomic E-state index is 2.76. The molecule has 0 amide bonds. The third kappa shape index (κ3) is 2.59. The second-order valence-electron chi connectivity index (χ2n) is 7.20. The van der Waals surface area contributed by atoms with Gasteiger partial charge in [-0.3, -0.25) is 0 Å². The zero-order chi connectivity index (χ0) is 12.7. The van der Waals surface area contributed by atoms with Crippen molar-refractivity contribution in [1.29, 1.82) is 0 Å². The smallest absolute Gasteiger partial charge is 0.00387 e. The molecule has 0 saturated carbocycles. The molecule has 18 heavy (non-hydrogen) atoms. The Morgan fingerprint density at radius 2 is 1.67 bits per heavy atom. The van der Waals surface area contributed by atoms with Crippen molar-refractivity contribution >= 4 is 0 Å². The van der Waals surface area contributed by atoms with Gasteiger partial charge in [-0.25, -0.2) is 0 Å². The quantitative estimate of drug-likeness (QED) is 0.746. The Morgan fingerprint density at radius 1 is 1.00 bits per heavy atom. The fourth-order valence-corrected chi connectivity index (χ4v) is 4.32. The van der Waals surface area contributed by atoms with E-state index in [2.05, 4.69) is 35.6 Å². The molecule has 3 aliphatic heterocycles. The summed E-state index contributed by atoms with van der Waals surface area (Å²) in [4.78, 5) is 7.93. The van der Waals surface area contributed by atoms with E-state index in [0.717, 1.165) is 23.8 Å². The number of hydrogen-bond acceptors (Lipinski definition) is 3. The standard InChI is InChI=1S/C15H29N3/c1-12(2)18-5-4-13(7-18)6-17-10-14-8-16(3)9-15(14)11-17/h12-15H,4-11H2,1-3H3. The summed E-state index contributed by atoms with van der Waals surface area (Å²) >= 11 is 0. The van der Waals surface area contributed by atoms with Gasteiger partial charge >= 0.3 is 0 Å². The van der Waals surface area contributed by atoms with Crippen molar-refractivity contribution in [3.63, 3.8) is 0 Å². The van der Waals surface area contributed by atoms with Crippen molar-refractivity contribution < 1.29 is 0 Å². The maximum Gasteiger partial charge on any atom is 0.00387 e. The molecule has 0 radical (unpaired) electrons. The molecule has 3 unspecified atom stereocenters. The monoisotopic (exact) mass is 251 g/mol. The minimum absolute atomic E-state index is 0.738. The van der Waals surface area contributed by atoms with E-state index in [4.69, 9.17) is 0 Å². The molecule has 0 aromatic heterocycles. The summed E-state index contributed by atoms with van der Waals surface area (Å²) in [5.41, 5.74) is 0. The van der Waals surface area contributed by atoms with E-state index in [1.165, 1.54) is 52.2 Å². The highest BCUT2D eigenvalue weighted by atomic mass is 15.2. The van der Waals surface area contributed by atoms with Crippen molar-refractivity contribution in [3.05, 3.63) is 0 Å². The first-order valence-electron chi connectivity index (χ1n) is 7.76. The van der Waals surface area contributed by atoms with Crippen molar-refractivity contribution in [2.45, 2.75) is 26.3 Å². The number of rotatable bonds is 3. The lowest BCUT2D eigenvalue weighted by Gasteiger charge is -2.24. The third-order valence-electron chi connectivity index (χ3n) is 5.31. The van der Waals surface area contributed by atoms with Gasteiger partial charge in [0.25, 0.3) is 0 Å². The van der Waals surface area contributed by atoms with E-state index >= 15 is 0 Å². The van der Waals surface area contributed by atoms with E-state index in [1.807, 2.05) is 0 Å². The Balaban J connectivity index is 1.45. The van der Waals surface area contributed by atoms with Crippen LogP contribution in [0.2, 0.25) is 0 Å². The van der Waals surface area contributed by atoms with Crippen LogP contribution in [0.4, 0.5) is 0 Å². The zero-order valence-electron chi connectivity index (χ0n) is 12.3. The molecule has 0 aromatic carbocycles. The summed E-state index contributed by atoms with van der Waals surface area (Å²) in [6.45, 7) is 14.1. The summed E-state index contributed by atoms with van der Waals surface area (Å²) in [6.07, 6.45) is 1.42. The molecule has 3 saturated heterocycles. The Bertz CT molecular complexity index is 277. The average molecular weight is 251 g/mol. The zero-order valence-corrected chi connectivity index (χ0v) is 12.3. The molecule has 0 aliphatic carbocycles. The normalized spacial score (nSPS) is 39.0. The van der Waals surface area contributed by atoms with Crippen molar-refractivity contribution in [2.75, 3.05) is 52.9 Å². The SMILES string of the molecule is CC(C)N1CCC(CN2CC3CN(C)CC3C2)C1. The van der Waals surface area contributed by atoms with Gasteiger partial charge in [0, 0.05) is 45.3 Å². The first-order chi connectivity index (χ1) is 8.61. The van der Waals surface area contributed by atoms with Crippen molar-refractivity contribution in [1.82, 2.24) is 14.7 Å². The van der Waals surface area contributed by atoms with Gasteiger partial charge in [-0.15, -0.1) is 0 Å². The summed E-state index contributed by atoms with van der Waals surface area (Å²) in [5.74, 6) is 2.87. The predicted molar refractivity (Wildman–Crippen MR) is 75.7 cm³/mol. The number of hydrogen-bond donors (Lipinski definition) is 0. The van der Waals surface area contributed by atoms with Crippen molar-refractivity contribution in [2.24, 2.45) is 17.8 Å². The topological polar surface area (TPSA) is 9.72 Å². The number of likely N-dealkylation sites (tertiary alicyclic amines) is 3. The van der Waals surface area contributed by atoms with Crippen LogP contribution >= 0.6 is 0 Å². The molecule has 3 heterocycles. The summed E-state index contributed by atoms with van der Waals surface area (Å²) in [5, 5.41) is 0. The van der Waals surface area contributed by atoms with Crippen LogP contribution in [0.1, 0.15) is 20.3 Å². The van der Waals surface area contributed by atoms with Crippen LogP contribution in [0.5, 0.6) is 0 Å². The van der Waals surface area contributed by atoms with Crippen LogP contribution in [0, 0.1) is 17.8 Å². The fourth-order valence-electron chi connectivity index (χ4n) is 4.32. The lowest BCUT2D eigenvalue weighted by Crippen LogP contribution is -2.33. The molecule has 3 aliphatic rings. The second-order valence-corrected chi connectivity index (χ2v) is 7.20. The first-order valence-corrected chi connectivity index (χ1v) is 7.76. The van der Waals surface area contributed by atoms with E-state index in [9.17, 15) is 0 Å². The highest BCUT2D eigenvalue weighted by Gasteiger charge is 2.39. The highest BCUT2D eigenvalue weighted by Crippen LogP contribution is 2.31. The average Bonchev–Trinajstić information content (AvgIpc) is 2.93. The number of nitrogens with zero attached hydrogens (tertiary/aromatic N) is 3. The van der Waals surface area contributed by atoms with Crippen molar-refractivity contribution in [3.8, 4) is 0 Å². The molecule has 0 spiro atoms. The van der Waals surface area contributed by atoms with Gasteiger partial charge in [0.05, 0.1) is 0 Å². The molecule has 3 atom stereocenters. The highest BCUT2D eigenvalue weighted by molar-refractivity contribution is 4.93. The largest absolute Gasteiger partial charge is 0.306 e. The van der Waals surface area contributed by atoms with Gasteiger partial charge in [-0.05, 0) is 51.6 Å². The molecule has 3 nitrogen and oxygen atoms in total. The molecular weight excluding hydrogens is 222 g/mol. The Hall–Kier alpha value is -0.120. The van der Waals surface area contributed by atoms with E-state index < -0.39 is 0 Å². The molecule has 0 N–H and O–H groups in total. The maximum atomic E-state index is 2.76. The van der Waals surface area contributed by atoms with Crippen LogP contribution in [-0.4, -0.2) is 73.6 Å². The van der Waals surface area contributed by atoms with E-state index in [0.29, 0.717) is 0 Å². The Morgan fingerprint density at radius 3 is 2.22 bits per heavy atom. The first kappa shape index (κ1) is 12.9. The molecule has 3 heteroatoms. The molecule has 3 fully saturated rings. The third-order valence-corrected chi connectivity index (χ3v) is 5.31. The lowest BCUT2D eigenvalue weighted by atomic mass is 10.0. The molecule has 0 aromatic rings. The summed E-state index contributed by atoms with van der Waals surface area (Å²) < 4.78 is 0. The van der Waals surface area contributed by atoms with Crippen LogP contribution in [0.15, 0.2) is 0 Å². The van der Waals surface area contributed by atoms with Crippen LogP contribution in [0.25, 0.3) is 0 Å². The van der Waals surface area contributed by atoms with E-state index in [1.54, 1.807) is 0 Å². The molecule has 104 valence electrons. The van der Waals surface area contributed by atoms with Crippen LogP contribution < -0.4 is 0 Å². The van der Waals surface area contributed by atoms with Gasteiger partial charge in [0.15, 0.2) is 0 Å². The van der Waals surface area contributed by atoms with Gasteiger partial charge in [0.2, 0.25) is 0 Å². The van der Waals surface area contributed by atoms with E-state index in [-0.39, 0.29) is 0 Å². The van der Waals surface area contributed by atoms with Gasteiger partial charge < -0.3 is 14.7 Å². The number of fused-ring (bicyclic) bond motifs is 1. The lowest BCUT2D eigenvalue weighted by molar-refractivity contribution is 0.223. The minimum Gasteiger partial charge on any atom is -0.306 e. The Kier molecular flexibility index (Phi) is 3.65. The summed E-state index contributed by atoms with van der Waals surface area (Å²) in [6, 6.07) is 0.738.